The first-order valence-electron chi connectivity index (χ1n) is 9.85. The Morgan fingerprint density at radius 1 is 1.03 bits per heavy atom. The molecule has 1 heterocycles. The van der Waals surface area contributed by atoms with E-state index in [2.05, 4.69) is 27.4 Å². The quantitative estimate of drug-likeness (QED) is 0.671. The Bertz CT molecular complexity index is 1050. The number of carbonyl (C=O) groups excluding carboxylic acids is 1. The Hall–Kier alpha value is -2.99. The summed E-state index contributed by atoms with van der Waals surface area (Å²) in [7, 11) is 4.06. The molecule has 6 heteroatoms. The number of amides is 1. The van der Waals surface area contributed by atoms with Crippen LogP contribution in [0.25, 0.3) is 10.8 Å². The van der Waals surface area contributed by atoms with Crippen molar-refractivity contribution in [2.75, 3.05) is 14.1 Å². The van der Waals surface area contributed by atoms with Crippen molar-refractivity contribution in [1.29, 1.82) is 0 Å². The molecule has 0 spiro atoms. The molecule has 0 radical (unpaired) electrons. The molecule has 2 aromatic carbocycles. The number of hydrogen-bond acceptors (Lipinski definition) is 4. The highest BCUT2D eigenvalue weighted by molar-refractivity contribution is 6.04. The second-order valence-electron chi connectivity index (χ2n) is 8.01. The third kappa shape index (κ3) is 5.09. The van der Waals surface area contributed by atoms with Gasteiger partial charge in [0.2, 0.25) is 0 Å². The monoisotopic (exact) mass is 392 g/mol. The van der Waals surface area contributed by atoms with Crippen LogP contribution in [0.15, 0.2) is 53.3 Å². The summed E-state index contributed by atoms with van der Waals surface area (Å²) in [6, 6.07) is 15.3. The van der Waals surface area contributed by atoms with Crippen molar-refractivity contribution in [2.24, 2.45) is 5.92 Å². The van der Waals surface area contributed by atoms with Crippen LogP contribution in [0.2, 0.25) is 0 Å². The second kappa shape index (κ2) is 9.01. The van der Waals surface area contributed by atoms with E-state index in [0.717, 1.165) is 12.1 Å². The fraction of sp³-hybridized carbons (Fsp3) is 0.348. The van der Waals surface area contributed by atoms with Crippen molar-refractivity contribution in [3.63, 3.8) is 0 Å². The van der Waals surface area contributed by atoms with Crippen LogP contribution in [0.5, 0.6) is 0 Å². The van der Waals surface area contributed by atoms with Gasteiger partial charge in [0.25, 0.3) is 11.5 Å². The van der Waals surface area contributed by atoms with Gasteiger partial charge in [-0.1, -0.05) is 56.3 Å². The van der Waals surface area contributed by atoms with Crippen LogP contribution in [-0.2, 0) is 19.6 Å². The Morgan fingerprint density at radius 3 is 2.28 bits per heavy atom. The summed E-state index contributed by atoms with van der Waals surface area (Å²) >= 11 is 0. The number of nitrogens with one attached hydrogen (secondary N) is 1. The first-order chi connectivity index (χ1) is 13.8. The van der Waals surface area contributed by atoms with Crippen LogP contribution in [0, 0.1) is 5.92 Å². The third-order valence-electron chi connectivity index (χ3n) is 4.60. The molecule has 1 N–H and O–H groups in total. The van der Waals surface area contributed by atoms with Crippen molar-refractivity contribution in [2.45, 2.75) is 33.5 Å². The van der Waals surface area contributed by atoms with Gasteiger partial charge in [-0.2, -0.15) is 5.10 Å². The van der Waals surface area contributed by atoms with E-state index in [1.165, 1.54) is 10.2 Å². The van der Waals surface area contributed by atoms with Gasteiger partial charge in [0, 0.05) is 25.0 Å². The largest absolute Gasteiger partial charge is 0.347 e. The number of carbonyl (C=O) groups is 1. The smallest absolute Gasteiger partial charge is 0.274 e. The molecule has 152 valence electrons. The van der Waals surface area contributed by atoms with E-state index >= 15 is 0 Å². The minimum absolute atomic E-state index is 0.165. The molecular weight excluding hydrogens is 364 g/mol. The van der Waals surface area contributed by atoms with E-state index in [-0.39, 0.29) is 23.1 Å². The molecule has 0 bridgehead atoms. The summed E-state index contributed by atoms with van der Waals surface area (Å²) in [5.74, 6) is -0.0333. The molecule has 0 unspecified atom stereocenters. The average molecular weight is 393 g/mol. The fourth-order valence-electron chi connectivity index (χ4n) is 3.27. The lowest BCUT2D eigenvalue weighted by Crippen LogP contribution is -2.31. The maximum atomic E-state index is 12.9. The minimum Gasteiger partial charge on any atom is -0.347 e. The molecule has 1 aromatic heterocycles. The predicted molar refractivity (Wildman–Crippen MR) is 116 cm³/mol. The first-order valence-corrected chi connectivity index (χ1v) is 9.85. The number of fused-ring (bicyclic) bond motifs is 1. The lowest BCUT2D eigenvalue weighted by molar-refractivity contribution is 0.0945. The molecule has 0 saturated heterocycles. The zero-order valence-corrected chi connectivity index (χ0v) is 17.5. The predicted octanol–water partition coefficient (Wildman–Crippen LogP) is 3.04. The maximum Gasteiger partial charge on any atom is 0.274 e. The van der Waals surface area contributed by atoms with Gasteiger partial charge in [0.15, 0.2) is 5.69 Å². The van der Waals surface area contributed by atoms with E-state index in [9.17, 15) is 9.59 Å². The molecule has 0 aliphatic rings. The summed E-state index contributed by atoms with van der Waals surface area (Å²) in [6.45, 7) is 5.78. The summed E-state index contributed by atoms with van der Waals surface area (Å²) in [5, 5.41) is 8.42. The van der Waals surface area contributed by atoms with Gasteiger partial charge in [0.05, 0.1) is 5.39 Å². The highest BCUT2D eigenvalue weighted by Crippen LogP contribution is 2.14. The number of aromatic nitrogens is 2. The van der Waals surface area contributed by atoms with Gasteiger partial charge in [0.1, 0.15) is 0 Å². The number of benzene rings is 2. The van der Waals surface area contributed by atoms with Gasteiger partial charge in [-0.25, -0.2) is 4.68 Å². The Morgan fingerprint density at radius 2 is 1.66 bits per heavy atom. The highest BCUT2D eigenvalue weighted by atomic mass is 16.2. The van der Waals surface area contributed by atoms with Gasteiger partial charge in [-0.05, 0) is 37.2 Å². The van der Waals surface area contributed by atoms with E-state index < -0.39 is 0 Å². The molecule has 29 heavy (non-hydrogen) atoms. The van der Waals surface area contributed by atoms with Crippen molar-refractivity contribution >= 4 is 16.7 Å². The molecule has 3 rings (SSSR count). The number of nitrogens with zero attached hydrogens (tertiary/aromatic N) is 3. The summed E-state index contributed by atoms with van der Waals surface area (Å²) in [5.41, 5.74) is 2.35. The SMILES string of the molecule is CC(C)Cn1nc(C(=O)NCc2ccc(CN(C)C)cc2)c2ccccc2c1=O. The molecule has 1 amide bonds. The average Bonchev–Trinajstić information content (AvgIpc) is 2.68. The van der Waals surface area contributed by atoms with Crippen molar-refractivity contribution < 1.29 is 4.79 Å². The Kier molecular flexibility index (Phi) is 6.44. The van der Waals surface area contributed by atoms with Crippen LogP contribution in [0.1, 0.15) is 35.5 Å². The van der Waals surface area contributed by atoms with E-state index in [4.69, 9.17) is 0 Å². The zero-order chi connectivity index (χ0) is 21.0. The highest BCUT2D eigenvalue weighted by Gasteiger charge is 2.17. The van der Waals surface area contributed by atoms with E-state index in [1.54, 1.807) is 18.2 Å². The van der Waals surface area contributed by atoms with Crippen LogP contribution in [0.3, 0.4) is 0 Å². The van der Waals surface area contributed by atoms with Gasteiger partial charge < -0.3 is 10.2 Å². The third-order valence-corrected chi connectivity index (χ3v) is 4.60. The molecular formula is C23H28N4O2. The maximum absolute atomic E-state index is 12.9. The normalized spacial score (nSPS) is 11.4. The number of hydrogen-bond donors (Lipinski definition) is 1. The Balaban J connectivity index is 1.83. The van der Waals surface area contributed by atoms with E-state index in [0.29, 0.717) is 23.9 Å². The molecule has 6 nitrogen and oxygen atoms in total. The van der Waals surface area contributed by atoms with Gasteiger partial charge >= 0.3 is 0 Å². The standard InChI is InChI=1S/C23H28N4O2/c1-16(2)14-27-23(29)20-8-6-5-7-19(20)21(25-27)22(28)24-13-17-9-11-18(12-10-17)15-26(3)4/h5-12,16H,13-15H2,1-4H3,(H,24,28). The summed E-state index contributed by atoms with van der Waals surface area (Å²) in [4.78, 5) is 27.7. The van der Waals surface area contributed by atoms with Crippen molar-refractivity contribution in [3.05, 3.63) is 75.7 Å². The first kappa shape index (κ1) is 20.7. The molecule has 0 aliphatic heterocycles. The molecule has 0 atom stereocenters. The van der Waals surface area contributed by atoms with E-state index in [1.807, 2.05) is 46.1 Å². The fourth-order valence-corrected chi connectivity index (χ4v) is 3.27. The van der Waals surface area contributed by atoms with Crippen molar-refractivity contribution in [1.82, 2.24) is 20.0 Å². The molecule has 0 saturated carbocycles. The lowest BCUT2D eigenvalue weighted by atomic mass is 10.1. The Labute approximate surface area is 171 Å². The van der Waals surface area contributed by atoms with Crippen LogP contribution in [-0.4, -0.2) is 34.7 Å². The van der Waals surface area contributed by atoms with Gasteiger partial charge in [-0.3, -0.25) is 9.59 Å². The van der Waals surface area contributed by atoms with Crippen LogP contribution in [0.4, 0.5) is 0 Å². The van der Waals surface area contributed by atoms with Gasteiger partial charge in [-0.15, -0.1) is 0 Å². The molecule has 3 aromatic rings. The van der Waals surface area contributed by atoms with Crippen molar-refractivity contribution in [3.8, 4) is 0 Å². The topological polar surface area (TPSA) is 67.2 Å². The molecule has 0 aliphatic carbocycles. The summed E-state index contributed by atoms with van der Waals surface area (Å²) < 4.78 is 1.40. The zero-order valence-electron chi connectivity index (χ0n) is 17.5. The van der Waals surface area contributed by atoms with Crippen LogP contribution >= 0.6 is 0 Å². The minimum atomic E-state index is -0.281. The molecule has 0 fully saturated rings. The number of rotatable bonds is 7. The lowest BCUT2D eigenvalue weighted by Gasteiger charge is -2.13. The summed E-state index contributed by atoms with van der Waals surface area (Å²) in [6.07, 6.45) is 0. The van der Waals surface area contributed by atoms with Crippen LogP contribution < -0.4 is 10.9 Å². The second-order valence-corrected chi connectivity index (χ2v) is 8.01.